The lowest BCUT2D eigenvalue weighted by molar-refractivity contribution is 0.297. The van der Waals surface area contributed by atoms with Crippen LogP contribution < -0.4 is 0 Å². The Hall–Kier alpha value is -1.35. The summed E-state index contributed by atoms with van der Waals surface area (Å²) in [5.74, 6) is 0. The zero-order valence-corrected chi connectivity index (χ0v) is 7.57. The lowest BCUT2D eigenvalue weighted by Gasteiger charge is -1.99. The van der Waals surface area contributed by atoms with Crippen LogP contribution in [0.1, 0.15) is 5.69 Å². The van der Waals surface area contributed by atoms with Gasteiger partial charge in [0.2, 0.25) is 0 Å². The van der Waals surface area contributed by atoms with Crippen LogP contribution in [0.3, 0.4) is 0 Å². The Morgan fingerprint density at radius 2 is 2.38 bits per heavy atom. The van der Waals surface area contributed by atoms with E-state index in [0.29, 0.717) is 6.42 Å². The topological polar surface area (TPSA) is 38.0 Å². The lowest BCUT2D eigenvalue weighted by Crippen LogP contribution is -1.99. The van der Waals surface area contributed by atoms with Crippen LogP contribution in [-0.4, -0.2) is 21.3 Å². The van der Waals surface area contributed by atoms with Crippen LogP contribution >= 0.6 is 0 Å². The molecule has 0 aliphatic rings. The van der Waals surface area contributed by atoms with E-state index in [1.165, 1.54) is 0 Å². The minimum absolute atomic E-state index is 0.185. The Morgan fingerprint density at radius 3 is 3.08 bits per heavy atom. The molecule has 0 saturated heterocycles. The smallest absolute Gasteiger partial charge is 0.139 e. The highest BCUT2D eigenvalue weighted by Crippen LogP contribution is 2.15. The number of pyridine rings is 1. The molecule has 3 nitrogen and oxygen atoms in total. The average Bonchev–Trinajstić information content (AvgIpc) is 2.46. The Labute approximate surface area is 76.6 Å². The van der Waals surface area contributed by atoms with Crippen molar-refractivity contribution >= 4 is 11.0 Å². The molecular formula is C10H12N2O. The van der Waals surface area contributed by atoms with Crippen LogP contribution in [0.15, 0.2) is 24.4 Å². The molecule has 0 bridgehead atoms. The van der Waals surface area contributed by atoms with E-state index < -0.39 is 0 Å². The first-order valence-corrected chi connectivity index (χ1v) is 4.33. The molecule has 2 aromatic heterocycles. The summed E-state index contributed by atoms with van der Waals surface area (Å²) in [4.78, 5) is 4.26. The molecule has 0 aliphatic carbocycles. The molecule has 0 amide bonds. The zero-order chi connectivity index (χ0) is 9.26. The van der Waals surface area contributed by atoms with E-state index in [-0.39, 0.29) is 6.61 Å². The average molecular weight is 176 g/mol. The Morgan fingerprint density at radius 1 is 1.54 bits per heavy atom. The minimum atomic E-state index is 0.185. The standard InChI is InChI=1S/C10H12N2O/c1-12-9(4-6-13)7-8-3-2-5-11-10(8)12/h2-3,5,7,13H,4,6H2,1H3. The van der Waals surface area contributed by atoms with E-state index >= 15 is 0 Å². The van der Waals surface area contributed by atoms with Crippen LogP contribution in [0.25, 0.3) is 11.0 Å². The van der Waals surface area contributed by atoms with Gasteiger partial charge in [-0.1, -0.05) is 0 Å². The quantitative estimate of drug-likeness (QED) is 0.744. The van der Waals surface area contributed by atoms with Gasteiger partial charge in [0.15, 0.2) is 0 Å². The number of fused-ring (bicyclic) bond motifs is 1. The molecule has 0 aliphatic heterocycles. The zero-order valence-electron chi connectivity index (χ0n) is 7.57. The maximum absolute atomic E-state index is 8.84. The summed E-state index contributed by atoms with van der Waals surface area (Å²) in [6, 6.07) is 6.02. The maximum Gasteiger partial charge on any atom is 0.139 e. The molecule has 0 spiro atoms. The SMILES string of the molecule is Cn1c(CCO)cc2cccnc21. The van der Waals surface area contributed by atoms with Crippen molar-refractivity contribution in [2.24, 2.45) is 7.05 Å². The molecule has 68 valence electrons. The molecule has 0 saturated carbocycles. The number of aliphatic hydroxyl groups is 1. The largest absolute Gasteiger partial charge is 0.396 e. The van der Waals surface area contributed by atoms with Crippen LogP contribution in [0.2, 0.25) is 0 Å². The van der Waals surface area contributed by atoms with Crippen LogP contribution in [-0.2, 0) is 13.5 Å². The molecular weight excluding hydrogens is 164 g/mol. The van der Waals surface area contributed by atoms with Gasteiger partial charge in [-0.25, -0.2) is 4.98 Å². The summed E-state index contributed by atoms with van der Waals surface area (Å²) in [5.41, 5.74) is 2.10. The number of aliphatic hydroxyl groups excluding tert-OH is 1. The molecule has 0 radical (unpaired) electrons. The summed E-state index contributed by atoms with van der Waals surface area (Å²) >= 11 is 0. The van der Waals surface area contributed by atoms with Gasteiger partial charge in [0.1, 0.15) is 5.65 Å². The summed E-state index contributed by atoms with van der Waals surface area (Å²) < 4.78 is 2.02. The second-order valence-corrected chi connectivity index (χ2v) is 3.08. The van der Waals surface area contributed by atoms with Crippen molar-refractivity contribution in [3.63, 3.8) is 0 Å². The second-order valence-electron chi connectivity index (χ2n) is 3.08. The number of aryl methyl sites for hydroxylation is 1. The van der Waals surface area contributed by atoms with Gasteiger partial charge in [-0.2, -0.15) is 0 Å². The molecule has 0 fully saturated rings. The van der Waals surface area contributed by atoms with E-state index in [0.717, 1.165) is 16.7 Å². The van der Waals surface area contributed by atoms with E-state index in [2.05, 4.69) is 11.1 Å². The van der Waals surface area contributed by atoms with Crippen molar-refractivity contribution in [3.05, 3.63) is 30.1 Å². The van der Waals surface area contributed by atoms with Crippen molar-refractivity contribution in [1.82, 2.24) is 9.55 Å². The van der Waals surface area contributed by atoms with Gasteiger partial charge in [-0.05, 0) is 18.2 Å². The summed E-state index contributed by atoms with van der Waals surface area (Å²) in [6.45, 7) is 0.185. The van der Waals surface area contributed by atoms with E-state index in [1.54, 1.807) is 6.20 Å². The van der Waals surface area contributed by atoms with Crippen molar-refractivity contribution in [1.29, 1.82) is 0 Å². The fraction of sp³-hybridized carbons (Fsp3) is 0.300. The van der Waals surface area contributed by atoms with Crippen LogP contribution in [0.5, 0.6) is 0 Å². The third-order valence-corrected chi connectivity index (χ3v) is 2.26. The summed E-state index contributed by atoms with van der Waals surface area (Å²) in [7, 11) is 1.97. The Bertz CT molecular complexity index is 420. The molecule has 1 N–H and O–H groups in total. The number of hydrogen-bond acceptors (Lipinski definition) is 2. The van der Waals surface area contributed by atoms with Gasteiger partial charge in [-0.15, -0.1) is 0 Å². The van der Waals surface area contributed by atoms with Gasteiger partial charge in [-0.3, -0.25) is 0 Å². The second kappa shape index (κ2) is 3.18. The number of nitrogens with zero attached hydrogens (tertiary/aromatic N) is 2. The van der Waals surface area contributed by atoms with E-state index in [4.69, 9.17) is 5.11 Å². The number of hydrogen-bond donors (Lipinski definition) is 1. The molecule has 2 rings (SSSR count). The van der Waals surface area contributed by atoms with Gasteiger partial charge in [0, 0.05) is 37.4 Å². The third kappa shape index (κ3) is 1.31. The minimum Gasteiger partial charge on any atom is -0.396 e. The summed E-state index contributed by atoms with van der Waals surface area (Å²) in [6.07, 6.45) is 2.47. The van der Waals surface area contributed by atoms with Gasteiger partial charge in [0.25, 0.3) is 0 Å². The highest BCUT2D eigenvalue weighted by atomic mass is 16.3. The van der Waals surface area contributed by atoms with Crippen molar-refractivity contribution in [2.75, 3.05) is 6.61 Å². The number of aromatic nitrogens is 2. The van der Waals surface area contributed by atoms with E-state index in [1.807, 2.05) is 23.7 Å². The normalized spacial score (nSPS) is 10.9. The molecule has 2 aromatic rings. The molecule has 0 aromatic carbocycles. The monoisotopic (exact) mass is 176 g/mol. The summed E-state index contributed by atoms with van der Waals surface area (Å²) in [5, 5.41) is 9.97. The first-order chi connectivity index (χ1) is 6.33. The van der Waals surface area contributed by atoms with Crippen LogP contribution in [0.4, 0.5) is 0 Å². The lowest BCUT2D eigenvalue weighted by atomic mass is 10.3. The fourth-order valence-electron chi connectivity index (χ4n) is 1.57. The van der Waals surface area contributed by atoms with Gasteiger partial charge >= 0.3 is 0 Å². The maximum atomic E-state index is 8.84. The Balaban J connectivity index is 2.60. The highest BCUT2D eigenvalue weighted by molar-refractivity contribution is 5.77. The predicted octanol–water partition coefficient (Wildman–Crippen LogP) is 1.11. The molecule has 13 heavy (non-hydrogen) atoms. The van der Waals surface area contributed by atoms with Crippen molar-refractivity contribution in [2.45, 2.75) is 6.42 Å². The fourth-order valence-corrected chi connectivity index (χ4v) is 1.57. The van der Waals surface area contributed by atoms with Gasteiger partial charge in [0.05, 0.1) is 0 Å². The van der Waals surface area contributed by atoms with Crippen molar-refractivity contribution < 1.29 is 5.11 Å². The van der Waals surface area contributed by atoms with Gasteiger partial charge < -0.3 is 9.67 Å². The Kier molecular flexibility index (Phi) is 2.02. The molecule has 2 heterocycles. The number of rotatable bonds is 2. The first-order valence-electron chi connectivity index (χ1n) is 4.33. The van der Waals surface area contributed by atoms with Crippen LogP contribution in [0, 0.1) is 0 Å². The first kappa shape index (κ1) is 8.26. The highest BCUT2D eigenvalue weighted by Gasteiger charge is 2.04. The van der Waals surface area contributed by atoms with Crippen molar-refractivity contribution in [3.8, 4) is 0 Å². The third-order valence-electron chi connectivity index (χ3n) is 2.26. The molecule has 0 atom stereocenters. The molecule has 3 heteroatoms. The predicted molar refractivity (Wildman–Crippen MR) is 51.5 cm³/mol. The molecule has 0 unspecified atom stereocenters. The van der Waals surface area contributed by atoms with E-state index in [9.17, 15) is 0 Å².